The van der Waals surface area contributed by atoms with Crippen molar-refractivity contribution in [1.82, 2.24) is 4.90 Å². The Morgan fingerprint density at radius 1 is 1.17 bits per heavy atom. The molecule has 0 radical (unpaired) electrons. The minimum atomic E-state index is 0.0765. The molecule has 152 valence electrons. The maximum absolute atomic E-state index is 13.1. The maximum Gasteiger partial charge on any atom is 0.267 e. The van der Waals surface area contributed by atoms with Crippen LogP contribution in [0.4, 0.5) is 5.69 Å². The van der Waals surface area contributed by atoms with Gasteiger partial charge in [-0.25, -0.2) is 0 Å². The Labute approximate surface area is 175 Å². The predicted molar refractivity (Wildman–Crippen MR) is 120 cm³/mol. The Hall–Kier alpha value is -2.57. The average molecular weight is 410 g/mol. The van der Waals surface area contributed by atoms with Crippen LogP contribution in [0.2, 0.25) is 0 Å². The number of nitrogens with two attached hydrogens (primary N) is 1. The van der Waals surface area contributed by atoms with Gasteiger partial charge in [0.2, 0.25) is 0 Å². The number of hydrogen-bond acceptors (Lipinski definition) is 5. The Morgan fingerprint density at radius 3 is 2.59 bits per heavy atom. The largest absolute Gasteiger partial charge is 0.494 e. The summed E-state index contributed by atoms with van der Waals surface area (Å²) in [5.41, 5.74) is 8.00. The Bertz CT molecular complexity index is 975. The number of carbonyl (C=O) groups is 1. The van der Waals surface area contributed by atoms with Crippen LogP contribution in [0.1, 0.15) is 28.1 Å². The number of ether oxygens (including phenoxy) is 1. The first kappa shape index (κ1) is 19.7. The molecule has 0 spiro atoms. The van der Waals surface area contributed by atoms with Gasteiger partial charge in [-0.1, -0.05) is 24.3 Å². The van der Waals surface area contributed by atoms with Gasteiger partial charge < -0.3 is 20.7 Å². The maximum atomic E-state index is 13.1. The summed E-state index contributed by atoms with van der Waals surface area (Å²) in [6, 6.07) is 16.9. The number of hydrogen-bond donors (Lipinski definition) is 2. The number of carbonyl (C=O) groups excluding carboxylic acids is 1. The van der Waals surface area contributed by atoms with Crippen molar-refractivity contribution >= 4 is 33.0 Å². The van der Waals surface area contributed by atoms with E-state index >= 15 is 0 Å². The molecule has 1 aliphatic rings. The van der Waals surface area contributed by atoms with Gasteiger partial charge in [-0.2, -0.15) is 0 Å². The van der Waals surface area contributed by atoms with Crippen LogP contribution in [0.25, 0.3) is 10.1 Å². The van der Waals surface area contributed by atoms with E-state index in [2.05, 4.69) is 29.6 Å². The molecule has 4 rings (SSSR count). The lowest BCUT2D eigenvalue weighted by Crippen LogP contribution is -2.42. The van der Waals surface area contributed by atoms with E-state index in [4.69, 9.17) is 10.5 Å². The third kappa shape index (κ3) is 4.23. The normalized spacial score (nSPS) is 14.9. The summed E-state index contributed by atoms with van der Waals surface area (Å²) in [6.07, 6.45) is 2.77. The predicted octanol–water partition coefficient (Wildman–Crippen LogP) is 4.13. The van der Waals surface area contributed by atoms with Crippen molar-refractivity contribution in [2.24, 2.45) is 5.73 Å². The lowest BCUT2D eigenvalue weighted by Gasteiger charge is -2.32. The first-order chi connectivity index (χ1) is 14.2. The molecule has 2 heterocycles. The number of nitrogens with zero attached hydrogens (tertiary/aromatic N) is 1. The highest BCUT2D eigenvalue weighted by Crippen LogP contribution is 2.38. The molecule has 3 N–H and O–H groups in total. The number of amides is 1. The van der Waals surface area contributed by atoms with Gasteiger partial charge in [0.25, 0.3) is 5.91 Å². The number of nitrogens with one attached hydrogen (secondary N) is 1. The van der Waals surface area contributed by atoms with E-state index in [1.807, 2.05) is 29.2 Å². The van der Waals surface area contributed by atoms with Crippen LogP contribution < -0.4 is 15.8 Å². The Kier molecular flexibility index (Phi) is 6.02. The third-order valence-electron chi connectivity index (χ3n) is 5.49. The summed E-state index contributed by atoms with van der Waals surface area (Å²) in [5, 5.41) is 4.61. The van der Waals surface area contributed by atoms with Gasteiger partial charge in [0.05, 0.1) is 7.11 Å². The van der Waals surface area contributed by atoms with Gasteiger partial charge in [0.1, 0.15) is 10.6 Å². The number of likely N-dealkylation sites (tertiary alicyclic amines) is 1. The summed E-state index contributed by atoms with van der Waals surface area (Å²) in [7, 11) is 1.64. The quantitative estimate of drug-likeness (QED) is 0.642. The van der Waals surface area contributed by atoms with E-state index in [1.165, 1.54) is 16.9 Å². The molecule has 29 heavy (non-hydrogen) atoms. The van der Waals surface area contributed by atoms with Crippen molar-refractivity contribution in [3.05, 3.63) is 59.0 Å². The van der Waals surface area contributed by atoms with E-state index in [0.29, 0.717) is 23.2 Å². The molecule has 1 aliphatic heterocycles. The van der Waals surface area contributed by atoms with Crippen molar-refractivity contribution in [1.29, 1.82) is 0 Å². The van der Waals surface area contributed by atoms with E-state index in [9.17, 15) is 4.79 Å². The number of fused-ring (bicyclic) bond motifs is 1. The molecule has 1 aromatic heterocycles. The van der Waals surface area contributed by atoms with Gasteiger partial charge in [0.15, 0.2) is 0 Å². The van der Waals surface area contributed by atoms with Crippen molar-refractivity contribution < 1.29 is 9.53 Å². The number of piperidine rings is 1. The fraction of sp³-hybridized carbons (Fsp3) is 0.348. The number of methoxy groups -OCH3 is 1. The van der Waals surface area contributed by atoms with Crippen molar-refractivity contribution in [3.63, 3.8) is 0 Å². The number of rotatable bonds is 6. The molecule has 1 amide bonds. The molecular weight excluding hydrogens is 382 g/mol. The minimum Gasteiger partial charge on any atom is -0.494 e. The highest BCUT2D eigenvalue weighted by molar-refractivity contribution is 7.21. The van der Waals surface area contributed by atoms with Crippen LogP contribution in [0.3, 0.4) is 0 Å². The molecule has 3 aromatic rings. The van der Waals surface area contributed by atoms with E-state index in [0.717, 1.165) is 48.1 Å². The summed E-state index contributed by atoms with van der Waals surface area (Å²) >= 11 is 1.52. The average Bonchev–Trinajstić information content (AvgIpc) is 3.14. The second-order valence-corrected chi connectivity index (χ2v) is 8.46. The third-order valence-corrected chi connectivity index (χ3v) is 6.63. The molecule has 0 saturated carbocycles. The van der Waals surface area contributed by atoms with Gasteiger partial charge in [-0.3, -0.25) is 4.79 Å². The molecule has 0 aliphatic carbocycles. The first-order valence-corrected chi connectivity index (χ1v) is 10.9. The standard InChI is InChI=1S/C23H27N3O2S/c1-28-21-19-4-2-3-5-20(19)29-22(21)23(27)26-14-11-18(12-15-26)25-17-8-6-16(7-9-17)10-13-24/h2-9,18,25H,10-15,24H2,1H3. The zero-order chi connectivity index (χ0) is 20.2. The molecule has 5 nitrogen and oxygen atoms in total. The number of benzene rings is 2. The minimum absolute atomic E-state index is 0.0765. The molecule has 6 heteroatoms. The number of thiophene rings is 1. The highest BCUT2D eigenvalue weighted by Gasteiger charge is 2.27. The van der Waals surface area contributed by atoms with Gasteiger partial charge in [-0.05, 0) is 55.6 Å². The molecule has 0 unspecified atom stereocenters. The van der Waals surface area contributed by atoms with Crippen LogP contribution >= 0.6 is 11.3 Å². The molecule has 1 fully saturated rings. The zero-order valence-corrected chi connectivity index (χ0v) is 17.5. The molecule has 0 atom stereocenters. The number of anilines is 1. The van der Waals surface area contributed by atoms with Gasteiger partial charge in [-0.15, -0.1) is 11.3 Å². The van der Waals surface area contributed by atoms with E-state index in [1.54, 1.807) is 7.11 Å². The topological polar surface area (TPSA) is 67.6 Å². The summed E-state index contributed by atoms with van der Waals surface area (Å²) in [4.78, 5) is 15.8. The Balaban J connectivity index is 1.39. The molecule has 2 aromatic carbocycles. The van der Waals surface area contributed by atoms with Gasteiger partial charge >= 0.3 is 0 Å². The summed E-state index contributed by atoms with van der Waals surface area (Å²) in [5.74, 6) is 0.779. The molecule has 1 saturated heterocycles. The Morgan fingerprint density at radius 2 is 1.90 bits per heavy atom. The van der Waals surface area contributed by atoms with Crippen LogP contribution in [0.15, 0.2) is 48.5 Å². The summed E-state index contributed by atoms with van der Waals surface area (Å²) in [6.45, 7) is 2.17. The van der Waals surface area contributed by atoms with Crippen LogP contribution in [-0.2, 0) is 6.42 Å². The van der Waals surface area contributed by atoms with Crippen LogP contribution in [0, 0.1) is 0 Å². The van der Waals surface area contributed by atoms with Crippen molar-refractivity contribution in [2.75, 3.05) is 32.1 Å². The monoisotopic (exact) mass is 409 g/mol. The SMILES string of the molecule is COc1c(C(=O)N2CCC(Nc3ccc(CCN)cc3)CC2)sc2ccccc12. The summed E-state index contributed by atoms with van der Waals surface area (Å²) < 4.78 is 6.67. The second-order valence-electron chi connectivity index (χ2n) is 7.41. The fourth-order valence-corrected chi connectivity index (χ4v) is 5.05. The van der Waals surface area contributed by atoms with E-state index in [-0.39, 0.29) is 5.91 Å². The van der Waals surface area contributed by atoms with Crippen LogP contribution in [-0.4, -0.2) is 43.6 Å². The van der Waals surface area contributed by atoms with Crippen LogP contribution in [0.5, 0.6) is 5.75 Å². The smallest absolute Gasteiger partial charge is 0.267 e. The lowest BCUT2D eigenvalue weighted by molar-refractivity contribution is 0.0720. The molecule has 0 bridgehead atoms. The highest BCUT2D eigenvalue weighted by atomic mass is 32.1. The van der Waals surface area contributed by atoms with Crippen molar-refractivity contribution in [3.8, 4) is 5.75 Å². The second kappa shape index (κ2) is 8.84. The first-order valence-electron chi connectivity index (χ1n) is 10.1. The zero-order valence-electron chi connectivity index (χ0n) is 16.7. The lowest BCUT2D eigenvalue weighted by atomic mass is 10.0. The fourth-order valence-electron chi connectivity index (χ4n) is 3.91. The van der Waals surface area contributed by atoms with Crippen molar-refractivity contribution in [2.45, 2.75) is 25.3 Å². The van der Waals surface area contributed by atoms with Gasteiger partial charge in [0, 0.05) is 34.9 Å². The van der Waals surface area contributed by atoms with E-state index < -0.39 is 0 Å². The molecular formula is C23H27N3O2S.